The summed E-state index contributed by atoms with van der Waals surface area (Å²) in [7, 11) is 1.37. The Morgan fingerprint density at radius 3 is 2.50 bits per heavy atom. The highest BCUT2D eigenvalue weighted by Gasteiger charge is 2.03. The maximum absolute atomic E-state index is 11.3. The number of esters is 1. The van der Waals surface area contributed by atoms with Crippen LogP contribution in [0.15, 0.2) is 54.6 Å². The van der Waals surface area contributed by atoms with Crippen molar-refractivity contribution in [3.8, 4) is 5.75 Å². The zero-order chi connectivity index (χ0) is 14.4. The molecule has 0 aromatic heterocycles. The van der Waals surface area contributed by atoms with E-state index in [1.54, 1.807) is 24.3 Å². The monoisotopic (exact) mass is 268 g/mol. The summed E-state index contributed by atoms with van der Waals surface area (Å²) in [5.41, 5.74) is 2.42. The van der Waals surface area contributed by atoms with Crippen LogP contribution in [0.2, 0.25) is 0 Å². The number of aromatic hydroxyl groups is 1. The van der Waals surface area contributed by atoms with Gasteiger partial charge < -0.3 is 9.84 Å². The number of allylic oxidation sites excluding steroid dienone is 1. The maximum atomic E-state index is 11.3. The number of benzene rings is 2. The van der Waals surface area contributed by atoms with Crippen LogP contribution in [-0.2, 0) is 11.2 Å². The lowest BCUT2D eigenvalue weighted by Gasteiger charge is -2.01. The average molecular weight is 268 g/mol. The Morgan fingerprint density at radius 2 is 1.85 bits per heavy atom. The zero-order valence-corrected chi connectivity index (χ0v) is 11.2. The van der Waals surface area contributed by atoms with E-state index in [-0.39, 0.29) is 11.7 Å². The first-order chi connectivity index (χ1) is 9.70. The second-order valence-corrected chi connectivity index (χ2v) is 4.35. The van der Waals surface area contributed by atoms with Gasteiger partial charge in [-0.25, -0.2) is 4.79 Å². The fourth-order valence-corrected chi connectivity index (χ4v) is 1.85. The highest BCUT2D eigenvalue weighted by Crippen LogP contribution is 2.17. The number of hydrogen-bond acceptors (Lipinski definition) is 3. The van der Waals surface area contributed by atoms with Crippen LogP contribution in [0.3, 0.4) is 0 Å². The summed E-state index contributed by atoms with van der Waals surface area (Å²) in [6.07, 6.45) is 4.58. The first kappa shape index (κ1) is 13.9. The average Bonchev–Trinajstić information content (AvgIpc) is 2.49. The summed E-state index contributed by atoms with van der Waals surface area (Å²) in [5.74, 6) is -0.0638. The van der Waals surface area contributed by atoms with E-state index in [0.717, 1.165) is 17.5 Å². The third-order valence-electron chi connectivity index (χ3n) is 2.96. The number of phenols is 1. The fraction of sp³-hybridized carbons (Fsp3) is 0.118. The van der Waals surface area contributed by atoms with Crippen LogP contribution < -0.4 is 0 Å². The molecular formula is C17H16O3. The molecule has 2 aromatic rings. The summed E-state index contributed by atoms with van der Waals surface area (Å²) in [4.78, 5) is 11.3. The molecule has 0 aliphatic heterocycles. The highest BCUT2D eigenvalue weighted by molar-refractivity contribution is 5.89. The predicted molar refractivity (Wildman–Crippen MR) is 78.6 cm³/mol. The molecule has 0 bridgehead atoms. The van der Waals surface area contributed by atoms with E-state index in [4.69, 9.17) is 0 Å². The van der Waals surface area contributed by atoms with Crippen LogP contribution in [-0.4, -0.2) is 18.2 Å². The Kier molecular flexibility index (Phi) is 4.56. The van der Waals surface area contributed by atoms with Gasteiger partial charge in [0.15, 0.2) is 0 Å². The van der Waals surface area contributed by atoms with Gasteiger partial charge in [-0.15, -0.1) is 0 Å². The summed E-state index contributed by atoms with van der Waals surface area (Å²) in [6, 6.07) is 14.5. The van der Waals surface area contributed by atoms with Crippen molar-refractivity contribution in [2.75, 3.05) is 7.11 Å². The van der Waals surface area contributed by atoms with Gasteiger partial charge in [0.2, 0.25) is 0 Å². The molecule has 0 saturated heterocycles. The third kappa shape index (κ3) is 3.48. The van der Waals surface area contributed by atoms with E-state index in [9.17, 15) is 9.90 Å². The Bertz CT molecular complexity index is 612. The van der Waals surface area contributed by atoms with Crippen LogP contribution in [0.1, 0.15) is 21.5 Å². The number of para-hydroxylation sites is 1. The molecule has 0 radical (unpaired) electrons. The van der Waals surface area contributed by atoms with Crippen molar-refractivity contribution in [1.29, 1.82) is 0 Å². The number of carbonyl (C=O) groups is 1. The van der Waals surface area contributed by atoms with Gasteiger partial charge in [-0.3, -0.25) is 0 Å². The van der Waals surface area contributed by atoms with Crippen LogP contribution in [0.25, 0.3) is 6.08 Å². The van der Waals surface area contributed by atoms with Gasteiger partial charge in [0, 0.05) is 5.56 Å². The minimum atomic E-state index is -0.332. The SMILES string of the molecule is COC(=O)c1ccc(CC=Cc2ccccc2O)cc1. The molecule has 2 rings (SSSR count). The Balaban J connectivity index is 2.01. The van der Waals surface area contributed by atoms with E-state index in [0.29, 0.717) is 5.56 Å². The van der Waals surface area contributed by atoms with Crippen molar-refractivity contribution in [2.45, 2.75) is 6.42 Å². The lowest BCUT2D eigenvalue weighted by molar-refractivity contribution is 0.0600. The quantitative estimate of drug-likeness (QED) is 0.864. The van der Waals surface area contributed by atoms with Gasteiger partial charge in [0.05, 0.1) is 12.7 Å². The van der Waals surface area contributed by atoms with Gasteiger partial charge in [-0.2, -0.15) is 0 Å². The number of hydrogen-bond donors (Lipinski definition) is 1. The molecule has 0 amide bonds. The Labute approximate surface area is 118 Å². The third-order valence-corrected chi connectivity index (χ3v) is 2.96. The molecule has 3 heteroatoms. The summed E-state index contributed by atoms with van der Waals surface area (Å²) in [5, 5.41) is 9.63. The molecule has 2 aromatic carbocycles. The molecule has 1 N–H and O–H groups in total. The van der Waals surface area contributed by atoms with Crippen molar-refractivity contribution >= 4 is 12.0 Å². The van der Waals surface area contributed by atoms with Gasteiger partial charge in [0.25, 0.3) is 0 Å². The van der Waals surface area contributed by atoms with Crippen molar-refractivity contribution in [1.82, 2.24) is 0 Å². The molecule has 20 heavy (non-hydrogen) atoms. The molecule has 102 valence electrons. The van der Waals surface area contributed by atoms with Crippen LogP contribution in [0, 0.1) is 0 Å². The zero-order valence-electron chi connectivity index (χ0n) is 11.2. The first-order valence-corrected chi connectivity index (χ1v) is 6.32. The largest absolute Gasteiger partial charge is 0.507 e. The summed E-state index contributed by atoms with van der Waals surface area (Å²) in [6.45, 7) is 0. The Morgan fingerprint density at radius 1 is 1.15 bits per heavy atom. The number of carbonyl (C=O) groups excluding carboxylic acids is 1. The standard InChI is InChI=1S/C17H16O3/c1-20-17(19)15-11-9-13(10-12-15)5-4-7-14-6-2-3-8-16(14)18/h2-4,6-12,18H,5H2,1H3. The van der Waals surface area contributed by atoms with Gasteiger partial charge >= 0.3 is 5.97 Å². The van der Waals surface area contributed by atoms with Gasteiger partial charge in [-0.05, 0) is 30.2 Å². The molecule has 3 nitrogen and oxygen atoms in total. The summed E-state index contributed by atoms with van der Waals surface area (Å²) >= 11 is 0. The molecule has 0 unspecified atom stereocenters. The minimum Gasteiger partial charge on any atom is -0.507 e. The van der Waals surface area contributed by atoms with Gasteiger partial charge in [0.1, 0.15) is 5.75 Å². The number of ether oxygens (including phenoxy) is 1. The molecule has 0 heterocycles. The van der Waals surface area contributed by atoms with E-state index in [2.05, 4.69) is 4.74 Å². The van der Waals surface area contributed by atoms with E-state index >= 15 is 0 Å². The Hall–Kier alpha value is -2.55. The van der Waals surface area contributed by atoms with E-state index in [1.807, 2.05) is 36.4 Å². The lowest BCUT2D eigenvalue weighted by atomic mass is 10.1. The molecule has 0 saturated carbocycles. The predicted octanol–water partition coefficient (Wildman–Crippen LogP) is 3.43. The normalized spacial score (nSPS) is 10.7. The van der Waals surface area contributed by atoms with E-state index in [1.165, 1.54) is 7.11 Å². The highest BCUT2D eigenvalue weighted by atomic mass is 16.5. The lowest BCUT2D eigenvalue weighted by Crippen LogP contribution is -2.00. The molecule has 0 spiro atoms. The van der Waals surface area contributed by atoms with Crippen molar-refractivity contribution < 1.29 is 14.6 Å². The number of rotatable bonds is 4. The first-order valence-electron chi connectivity index (χ1n) is 6.32. The smallest absolute Gasteiger partial charge is 0.337 e. The topological polar surface area (TPSA) is 46.5 Å². The van der Waals surface area contributed by atoms with Crippen LogP contribution in [0.5, 0.6) is 5.75 Å². The number of methoxy groups -OCH3 is 1. The van der Waals surface area contributed by atoms with Gasteiger partial charge in [-0.1, -0.05) is 42.5 Å². The molecule has 0 aliphatic rings. The molecule has 0 aliphatic carbocycles. The maximum Gasteiger partial charge on any atom is 0.337 e. The molecule has 0 atom stereocenters. The van der Waals surface area contributed by atoms with Crippen LogP contribution >= 0.6 is 0 Å². The van der Waals surface area contributed by atoms with Crippen LogP contribution in [0.4, 0.5) is 0 Å². The fourth-order valence-electron chi connectivity index (χ4n) is 1.85. The van der Waals surface area contributed by atoms with Crippen molar-refractivity contribution in [3.63, 3.8) is 0 Å². The number of phenolic OH excluding ortho intramolecular Hbond substituents is 1. The second kappa shape index (κ2) is 6.57. The molecule has 0 fully saturated rings. The minimum absolute atomic E-state index is 0.268. The van der Waals surface area contributed by atoms with E-state index < -0.39 is 0 Å². The molecular weight excluding hydrogens is 252 g/mol. The van der Waals surface area contributed by atoms with Crippen molar-refractivity contribution in [3.05, 3.63) is 71.3 Å². The second-order valence-electron chi connectivity index (χ2n) is 4.35. The van der Waals surface area contributed by atoms with Crippen molar-refractivity contribution in [2.24, 2.45) is 0 Å². The summed E-state index contributed by atoms with van der Waals surface area (Å²) < 4.78 is 4.65.